The van der Waals surface area contributed by atoms with Crippen LogP contribution in [0.15, 0.2) is 24.3 Å². The highest BCUT2D eigenvalue weighted by Gasteiger charge is 2.18. The van der Waals surface area contributed by atoms with Crippen molar-refractivity contribution < 1.29 is 9.53 Å². The van der Waals surface area contributed by atoms with E-state index in [2.05, 4.69) is 5.32 Å². The molecule has 1 aromatic rings. The number of ether oxygens (including phenoxy) is 1. The molecule has 0 saturated carbocycles. The van der Waals surface area contributed by atoms with Gasteiger partial charge in [0.05, 0.1) is 5.56 Å². The molecule has 0 bridgehead atoms. The SMILES string of the molecule is CN(C)c1ccc(C(=O)OC2CCNCC2)cc1. The van der Waals surface area contributed by atoms with E-state index in [1.54, 1.807) is 0 Å². The molecule has 4 heteroatoms. The molecule has 2 rings (SSSR count). The average molecular weight is 248 g/mol. The fourth-order valence-corrected chi connectivity index (χ4v) is 2.03. The van der Waals surface area contributed by atoms with Gasteiger partial charge >= 0.3 is 5.97 Å². The normalized spacial score (nSPS) is 16.3. The number of hydrogen-bond donors (Lipinski definition) is 1. The van der Waals surface area contributed by atoms with Gasteiger partial charge in [0, 0.05) is 19.8 Å². The molecule has 1 aliphatic heterocycles. The predicted molar refractivity (Wildman–Crippen MR) is 72.1 cm³/mol. The Morgan fingerprint density at radius 3 is 2.39 bits per heavy atom. The predicted octanol–water partition coefficient (Wildman–Crippen LogP) is 1.66. The van der Waals surface area contributed by atoms with Crippen molar-refractivity contribution in [3.8, 4) is 0 Å². The third-order valence-corrected chi connectivity index (χ3v) is 3.18. The number of esters is 1. The lowest BCUT2D eigenvalue weighted by Crippen LogP contribution is -2.33. The summed E-state index contributed by atoms with van der Waals surface area (Å²) in [7, 11) is 3.95. The molecule has 1 heterocycles. The lowest BCUT2D eigenvalue weighted by molar-refractivity contribution is 0.0229. The number of carbonyl (C=O) groups excluding carboxylic acids is 1. The molecule has 0 atom stereocenters. The zero-order chi connectivity index (χ0) is 13.0. The third-order valence-electron chi connectivity index (χ3n) is 3.18. The summed E-state index contributed by atoms with van der Waals surface area (Å²) in [6.07, 6.45) is 1.87. The molecular weight excluding hydrogens is 228 g/mol. The summed E-state index contributed by atoms with van der Waals surface area (Å²) in [5, 5.41) is 3.25. The van der Waals surface area contributed by atoms with E-state index < -0.39 is 0 Å². The summed E-state index contributed by atoms with van der Waals surface area (Å²) in [6, 6.07) is 7.50. The Hall–Kier alpha value is -1.55. The first-order valence-electron chi connectivity index (χ1n) is 6.36. The second-order valence-corrected chi connectivity index (χ2v) is 4.80. The van der Waals surface area contributed by atoms with E-state index in [4.69, 9.17) is 4.74 Å². The van der Waals surface area contributed by atoms with Gasteiger partial charge in [-0.3, -0.25) is 0 Å². The molecule has 0 amide bonds. The maximum Gasteiger partial charge on any atom is 0.338 e. The van der Waals surface area contributed by atoms with Crippen molar-refractivity contribution in [3.63, 3.8) is 0 Å². The van der Waals surface area contributed by atoms with E-state index >= 15 is 0 Å². The van der Waals surface area contributed by atoms with Crippen LogP contribution in [0.3, 0.4) is 0 Å². The molecule has 4 nitrogen and oxygen atoms in total. The van der Waals surface area contributed by atoms with Crippen molar-refractivity contribution in [2.75, 3.05) is 32.1 Å². The smallest absolute Gasteiger partial charge is 0.338 e. The van der Waals surface area contributed by atoms with Gasteiger partial charge in [-0.1, -0.05) is 0 Å². The Kier molecular flexibility index (Phi) is 4.20. The summed E-state index contributed by atoms with van der Waals surface area (Å²) < 4.78 is 5.49. The van der Waals surface area contributed by atoms with Crippen LogP contribution in [0, 0.1) is 0 Å². The monoisotopic (exact) mass is 248 g/mol. The van der Waals surface area contributed by atoms with Crippen LogP contribution in [0.4, 0.5) is 5.69 Å². The molecule has 0 aliphatic carbocycles. The maximum atomic E-state index is 11.9. The van der Waals surface area contributed by atoms with E-state index in [0.717, 1.165) is 31.6 Å². The highest BCUT2D eigenvalue weighted by atomic mass is 16.5. The van der Waals surface area contributed by atoms with Gasteiger partial charge in [-0.15, -0.1) is 0 Å². The number of anilines is 1. The minimum absolute atomic E-state index is 0.0623. The van der Waals surface area contributed by atoms with Crippen molar-refractivity contribution in [2.45, 2.75) is 18.9 Å². The van der Waals surface area contributed by atoms with Crippen molar-refractivity contribution in [1.29, 1.82) is 0 Å². The second kappa shape index (κ2) is 5.87. The maximum absolute atomic E-state index is 11.9. The Morgan fingerprint density at radius 1 is 1.22 bits per heavy atom. The first-order valence-corrected chi connectivity index (χ1v) is 6.36. The molecule has 1 aromatic carbocycles. The van der Waals surface area contributed by atoms with Gasteiger partial charge < -0.3 is 15.0 Å². The van der Waals surface area contributed by atoms with E-state index in [0.29, 0.717) is 5.56 Å². The molecule has 0 unspecified atom stereocenters. The molecular formula is C14H20N2O2. The van der Waals surface area contributed by atoms with Crippen LogP contribution in [0.1, 0.15) is 23.2 Å². The first kappa shape index (κ1) is 12.9. The van der Waals surface area contributed by atoms with Crippen LogP contribution in [0.25, 0.3) is 0 Å². The van der Waals surface area contributed by atoms with Gasteiger partial charge in [0.25, 0.3) is 0 Å². The Morgan fingerprint density at radius 2 is 1.83 bits per heavy atom. The number of piperidine rings is 1. The standard InChI is InChI=1S/C14H20N2O2/c1-16(2)12-5-3-11(4-6-12)14(17)18-13-7-9-15-10-8-13/h3-6,13,15H,7-10H2,1-2H3. The molecule has 1 fully saturated rings. The Labute approximate surface area is 108 Å². The molecule has 98 valence electrons. The zero-order valence-corrected chi connectivity index (χ0v) is 11.0. The quantitative estimate of drug-likeness (QED) is 0.826. The van der Waals surface area contributed by atoms with Gasteiger partial charge in [-0.2, -0.15) is 0 Å². The highest BCUT2D eigenvalue weighted by Crippen LogP contribution is 2.15. The molecule has 0 aromatic heterocycles. The number of nitrogens with one attached hydrogen (secondary N) is 1. The molecule has 0 radical (unpaired) electrons. The summed E-state index contributed by atoms with van der Waals surface area (Å²) in [4.78, 5) is 13.9. The highest BCUT2D eigenvalue weighted by molar-refractivity contribution is 5.89. The van der Waals surface area contributed by atoms with Gasteiger partial charge in [-0.25, -0.2) is 4.79 Å². The molecule has 1 aliphatic rings. The number of hydrogen-bond acceptors (Lipinski definition) is 4. The largest absolute Gasteiger partial charge is 0.459 e. The summed E-state index contributed by atoms with van der Waals surface area (Å²) >= 11 is 0. The van der Waals surface area contributed by atoms with Crippen LogP contribution in [-0.2, 0) is 4.74 Å². The van der Waals surface area contributed by atoms with Crippen LogP contribution in [-0.4, -0.2) is 39.3 Å². The van der Waals surface area contributed by atoms with E-state index in [1.807, 2.05) is 43.3 Å². The summed E-state index contributed by atoms with van der Waals surface area (Å²) in [5.74, 6) is -0.216. The minimum Gasteiger partial charge on any atom is -0.459 e. The van der Waals surface area contributed by atoms with Crippen molar-refractivity contribution in [1.82, 2.24) is 5.32 Å². The molecule has 1 N–H and O–H groups in total. The van der Waals surface area contributed by atoms with Gasteiger partial charge in [0.2, 0.25) is 0 Å². The van der Waals surface area contributed by atoms with Crippen molar-refractivity contribution in [3.05, 3.63) is 29.8 Å². The lowest BCUT2D eigenvalue weighted by Gasteiger charge is -2.22. The van der Waals surface area contributed by atoms with Crippen LogP contribution in [0.5, 0.6) is 0 Å². The number of rotatable bonds is 3. The lowest BCUT2D eigenvalue weighted by atomic mass is 10.1. The number of benzene rings is 1. The first-order chi connectivity index (χ1) is 8.66. The number of carbonyl (C=O) groups is 1. The fraction of sp³-hybridized carbons (Fsp3) is 0.500. The molecule has 0 spiro atoms. The van der Waals surface area contributed by atoms with Crippen molar-refractivity contribution >= 4 is 11.7 Å². The molecule has 18 heavy (non-hydrogen) atoms. The van der Waals surface area contributed by atoms with Gasteiger partial charge in [0.15, 0.2) is 0 Å². The van der Waals surface area contributed by atoms with Gasteiger partial charge in [-0.05, 0) is 50.2 Å². The summed E-state index contributed by atoms with van der Waals surface area (Å²) in [6.45, 7) is 1.86. The van der Waals surface area contributed by atoms with Gasteiger partial charge in [0.1, 0.15) is 6.10 Å². The second-order valence-electron chi connectivity index (χ2n) is 4.80. The van der Waals surface area contributed by atoms with E-state index in [-0.39, 0.29) is 12.1 Å². The van der Waals surface area contributed by atoms with Crippen molar-refractivity contribution in [2.24, 2.45) is 0 Å². The Bertz CT molecular complexity index is 395. The summed E-state index contributed by atoms with van der Waals surface area (Å²) in [5.41, 5.74) is 1.70. The van der Waals surface area contributed by atoms with Crippen LogP contribution >= 0.6 is 0 Å². The Balaban J connectivity index is 1.95. The minimum atomic E-state index is -0.216. The third kappa shape index (κ3) is 3.23. The zero-order valence-electron chi connectivity index (χ0n) is 11.0. The van der Waals surface area contributed by atoms with E-state index in [1.165, 1.54) is 0 Å². The average Bonchev–Trinajstić information content (AvgIpc) is 2.40. The fourth-order valence-electron chi connectivity index (χ4n) is 2.03. The number of nitrogens with zero attached hydrogens (tertiary/aromatic N) is 1. The van der Waals surface area contributed by atoms with E-state index in [9.17, 15) is 4.79 Å². The van der Waals surface area contributed by atoms with Crippen LogP contribution < -0.4 is 10.2 Å². The molecule has 1 saturated heterocycles. The van der Waals surface area contributed by atoms with Crippen LogP contribution in [0.2, 0.25) is 0 Å². The topological polar surface area (TPSA) is 41.6 Å².